The monoisotopic (exact) mass is 864 g/mol. The minimum atomic E-state index is 1.07. The van der Waals surface area contributed by atoms with Gasteiger partial charge in [-0.15, -0.1) is 0 Å². The van der Waals surface area contributed by atoms with E-state index in [1.807, 2.05) is 0 Å². The maximum atomic E-state index is 2.51. The molecule has 0 spiro atoms. The van der Waals surface area contributed by atoms with Crippen LogP contribution in [0.3, 0.4) is 0 Å². The third-order valence-corrected chi connectivity index (χ3v) is 13.8. The lowest BCUT2D eigenvalue weighted by atomic mass is 9.92. The Bertz CT molecular complexity index is 4010. The zero-order chi connectivity index (χ0) is 45.0. The molecule has 0 amide bonds. The summed E-state index contributed by atoms with van der Waals surface area (Å²) in [6.45, 7) is 0. The number of para-hydroxylation sites is 2. The van der Waals surface area contributed by atoms with Gasteiger partial charge in [0.05, 0.1) is 28.1 Å². The molecule has 318 valence electrons. The zero-order valence-electron chi connectivity index (χ0n) is 37.3. The molecule has 0 radical (unpaired) electrons. The van der Waals surface area contributed by atoms with Crippen LogP contribution >= 0.6 is 0 Å². The van der Waals surface area contributed by atoms with Crippen molar-refractivity contribution in [3.8, 4) is 50.2 Å². The fourth-order valence-electron chi connectivity index (χ4n) is 10.7. The largest absolute Gasteiger partial charge is 0.309 e. The van der Waals surface area contributed by atoms with Crippen molar-refractivity contribution in [1.82, 2.24) is 4.57 Å². The topological polar surface area (TPSA) is 8.17 Å². The van der Waals surface area contributed by atoms with Gasteiger partial charge in [-0.25, -0.2) is 0 Å². The second-order valence-electron chi connectivity index (χ2n) is 17.6. The van der Waals surface area contributed by atoms with Crippen LogP contribution in [0.1, 0.15) is 0 Å². The van der Waals surface area contributed by atoms with E-state index in [4.69, 9.17) is 0 Å². The number of aromatic nitrogens is 1. The minimum absolute atomic E-state index is 1.07. The molecule has 13 aromatic rings. The maximum Gasteiger partial charge on any atom is 0.0619 e. The van der Waals surface area contributed by atoms with Crippen LogP contribution in [0.4, 0.5) is 17.1 Å². The van der Waals surface area contributed by atoms with Gasteiger partial charge >= 0.3 is 0 Å². The molecule has 1 aromatic heterocycles. The van der Waals surface area contributed by atoms with Crippen molar-refractivity contribution in [2.75, 3.05) is 4.90 Å². The van der Waals surface area contributed by atoms with Crippen LogP contribution in [0.15, 0.2) is 267 Å². The molecule has 0 N–H and O–H groups in total. The van der Waals surface area contributed by atoms with E-state index in [9.17, 15) is 0 Å². The second kappa shape index (κ2) is 16.5. The Morgan fingerprint density at radius 1 is 0.279 bits per heavy atom. The normalized spacial score (nSPS) is 11.5. The SMILES string of the molecule is c1ccc(-c2ccccc2N(c2ccc(-c3c(-n4c5ccccc5c5ccc6ccccc6c54)ccc4ccccc34)cc2)c2ccc(-c3cccc4ccccc34)cc2-c2ccccc2)cc1. The smallest absolute Gasteiger partial charge is 0.0619 e. The summed E-state index contributed by atoms with van der Waals surface area (Å²) in [6.07, 6.45) is 0. The third kappa shape index (κ3) is 6.57. The first-order valence-corrected chi connectivity index (χ1v) is 23.4. The Labute approximate surface area is 395 Å². The summed E-state index contributed by atoms with van der Waals surface area (Å²) in [5.41, 5.74) is 16.2. The third-order valence-electron chi connectivity index (χ3n) is 13.8. The summed E-state index contributed by atoms with van der Waals surface area (Å²) >= 11 is 0. The molecule has 1 heterocycles. The second-order valence-corrected chi connectivity index (χ2v) is 17.6. The summed E-state index contributed by atoms with van der Waals surface area (Å²) in [7, 11) is 0. The molecule has 0 fully saturated rings. The number of hydrogen-bond donors (Lipinski definition) is 0. The van der Waals surface area contributed by atoms with E-state index in [1.165, 1.54) is 70.8 Å². The van der Waals surface area contributed by atoms with Gasteiger partial charge in [-0.3, -0.25) is 0 Å². The van der Waals surface area contributed by atoms with Crippen molar-refractivity contribution in [3.05, 3.63) is 267 Å². The molecule has 2 nitrogen and oxygen atoms in total. The quantitative estimate of drug-likeness (QED) is 0.148. The molecule has 13 rings (SSSR count). The minimum Gasteiger partial charge on any atom is -0.309 e. The van der Waals surface area contributed by atoms with Gasteiger partial charge in [0.15, 0.2) is 0 Å². The van der Waals surface area contributed by atoms with Crippen LogP contribution in [0.5, 0.6) is 0 Å². The van der Waals surface area contributed by atoms with E-state index >= 15 is 0 Å². The highest BCUT2D eigenvalue weighted by Crippen LogP contribution is 2.48. The average molecular weight is 865 g/mol. The summed E-state index contributed by atoms with van der Waals surface area (Å²) in [5, 5.41) is 9.86. The molecule has 68 heavy (non-hydrogen) atoms. The van der Waals surface area contributed by atoms with Crippen LogP contribution in [0.25, 0.3) is 104 Å². The van der Waals surface area contributed by atoms with Gasteiger partial charge in [-0.05, 0) is 97.2 Å². The van der Waals surface area contributed by atoms with Crippen LogP contribution in [-0.2, 0) is 0 Å². The number of rotatable bonds is 8. The highest BCUT2D eigenvalue weighted by molar-refractivity contribution is 6.19. The van der Waals surface area contributed by atoms with Gasteiger partial charge in [0.1, 0.15) is 0 Å². The van der Waals surface area contributed by atoms with Crippen LogP contribution in [-0.4, -0.2) is 4.57 Å². The number of anilines is 3. The first-order chi connectivity index (χ1) is 33.8. The van der Waals surface area contributed by atoms with Crippen molar-refractivity contribution in [3.63, 3.8) is 0 Å². The van der Waals surface area contributed by atoms with Gasteiger partial charge in [-0.2, -0.15) is 0 Å². The molecule has 0 aliphatic carbocycles. The van der Waals surface area contributed by atoms with E-state index < -0.39 is 0 Å². The predicted molar refractivity (Wildman–Crippen MR) is 290 cm³/mol. The van der Waals surface area contributed by atoms with Gasteiger partial charge < -0.3 is 9.47 Å². The van der Waals surface area contributed by atoms with Gasteiger partial charge in [-0.1, -0.05) is 224 Å². The number of hydrogen-bond acceptors (Lipinski definition) is 1. The molecule has 12 aromatic carbocycles. The van der Waals surface area contributed by atoms with Crippen LogP contribution in [0, 0.1) is 0 Å². The number of nitrogens with zero attached hydrogens (tertiary/aromatic N) is 2. The molecular formula is C66H44N2. The van der Waals surface area contributed by atoms with E-state index in [0.717, 1.165) is 50.6 Å². The standard InChI is InChI=1S/C66H44N2/c1-3-18-46(19-4-1)55-27-13-15-32-61(55)67(63-42-38-51(44-60(63)47-20-5-2-6-21-47)54-31-17-25-45-22-7-10-26-53(45)54)52-39-34-50(35-40-52)65-56-28-11-8-23-48(56)37-43-64(65)68-62-33-16-14-30-58(62)59-41-36-49-24-9-12-29-57(49)66(59)68/h1-44H. The molecule has 0 bridgehead atoms. The Hall–Kier alpha value is -8.98. The highest BCUT2D eigenvalue weighted by Gasteiger charge is 2.24. The fourth-order valence-corrected chi connectivity index (χ4v) is 10.7. The molecule has 0 aliphatic heterocycles. The van der Waals surface area contributed by atoms with Crippen molar-refractivity contribution in [2.24, 2.45) is 0 Å². The van der Waals surface area contributed by atoms with E-state index in [0.29, 0.717) is 0 Å². The van der Waals surface area contributed by atoms with E-state index in [-0.39, 0.29) is 0 Å². The summed E-state index contributed by atoms with van der Waals surface area (Å²) in [5.74, 6) is 0. The highest BCUT2D eigenvalue weighted by atomic mass is 15.1. The lowest BCUT2D eigenvalue weighted by Gasteiger charge is -2.30. The van der Waals surface area contributed by atoms with Gasteiger partial charge in [0.2, 0.25) is 0 Å². The Balaban J connectivity index is 1.05. The average Bonchev–Trinajstić information content (AvgIpc) is 3.76. The number of fused-ring (bicyclic) bond motifs is 7. The molecule has 0 aliphatic rings. The summed E-state index contributed by atoms with van der Waals surface area (Å²) in [6, 6.07) is 97.6. The molecule has 0 saturated heterocycles. The summed E-state index contributed by atoms with van der Waals surface area (Å²) < 4.78 is 2.51. The molecule has 0 atom stereocenters. The fraction of sp³-hybridized carbons (Fsp3) is 0. The van der Waals surface area contributed by atoms with Crippen molar-refractivity contribution >= 4 is 71.2 Å². The Morgan fingerprint density at radius 2 is 0.809 bits per heavy atom. The summed E-state index contributed by atoms with van der Waals surface area (Å²) in [4.78, 5) is 2.46. The first kappa shape index (κ1) is 39.4. The van der Waals surface area contributed by atoms with Gasteiger partial charge in [0.25, 0.3) is 0 Å². The lowest BCUT2D eigenvalue weighted by molar-refractivity contribution is 1.19. The predicted octanol–water partition coefficient (Wildman–Crippen LogP) is 18.4. The van der Waals surface area contributed by atoms with E-state index in [2.05, 4.69) is 276 Å². The van der Waals surface area contributed by atoms with Crippen molar-refractivity contribution in [1.29, 1.82) is 0 Å². The Morgan fingerprint density at radius 3 is 1.57 bits per heavy atom. The molecule has 0 unspecified atom stereocenters. The number of benzene rings is 12. The lowest BCUT2D eigenvalue weighted by Crippen LogP contribution is -2.12. The van der Waals surface area contributed by atoms with Crippen molar-refractivity contribution in [2.45, 2.75) is 0 Å². The van der Waals surface area contributed by atoms with Crippen LogP contribution in [0.2, 0.25) is 0 Å². The van der Waals surface area contributed by atoms with Crippen LogP contribution < -0.4 is 4.90 Å². The maximum absolute atomic E-state index is 2.51. The van der Waals surface area contributed by atoms with E-state index in [1.54, 1.807) is 0 Å². The Kier molecular flexibility index (Phi) is 9.54. The van der Waals surface area contributed by atoms with Crippen molar-refractivity contribution < 1.29 is 0 Å². The van der Waals surface area contributed by atoms with Gasteiger partial charge in [0, 0.05) is 38.5 Å². The molecule has 2 heteroatoms. The molecular weight excluding hydrogens is 821 g/mol. The first-order valence-electron chi connectivity index (χ1n) is 23.4. The zero-order valence-corrected chi connectivity index (χ0v) is 37.3. The molecule has 0 saturated carbocycles.